The van der Waals surface area contributed by atoms with Gasteiger partial charge in [-0.3, -0.25) is 0 Å². The fourth-order valence-electron chi connectivity index (χ4n) is 1.91. The molecule has 2 heterocycles. The van der Waals surface area contributed by atoms with Gasteiger partial charge < -0.3 is 11.6 Å². The van der Waals surface area contributed by atoms with E-state index in [-0.39, 0.29) is 5.95 Å². The van der Waals surface area contributed by atoms with Crippen LogP contribution in [0.4, 0.5) is 5.95 Å². The van der Waals surface area contributed by atoms with Gasteiger partial charge in [0.2, 0.25) is 5.95 Å². The summed E-state index contributed by atoms with van der Waals surface area (Å²) < 4.78 is 1.33. The van der Waals surface area contributed by atoms with Gasteiger partial charge in [-0.25, -0.2) is 4.68 Å². The lowest BCUT2D eigenvalue weighted by Crippen LogP contribution is -2.12. The Bertz CT molecular complexity index is 491. The van der Waals surface area contributed by atoms with Crippen molar-refractivity contribution in [2.75, 3.05) is 11.6 Å². The van der Waals surface area contributed by atoms with E-state index in [9.17, 15) is 0 Å². The number of nitrogens with zero attached hydrogens (tertiary/aromatic N) is 3. The zero-order valence-electron chi connectivity index (χ0n) is 8.10. The van der Waals surface area contributed by atoms with E-state index in [1.165, 1.54) is 34.4 Å². The predicted molar refractivity (Wildman–Crippen MR) is 59.9 cm³/mol. The van der Waals surface area contributed by atoms with Crippen molar-refractivity contribution in [3.63, 3.8) is 0 Å². The summed E-state index contributed by atoms with van der Waals surface area (Å²) in [5.74, 6) is 6.63. The molecule has 0 aliphatic heterocycles. The minimum absolute atomic E-state index is 0.249. The number of thiophene rings is 1. The summed E-state index contributed by atoms with van der Waals surface area (Å²) in [5, 5.41) is 7.72. The van der Waals surface area contributed by atoms with E-state index in [4.69, 9.17) is 11.6 Å². The molecule has 5 nitrogen and oxygen atoms in total. The molecule has 0 spiro atoms. The molecule has 0 aromatic carbocycles. The van der Waals surface area contributed by atoms with Crippen molar-refractivity contribution < 1.29 is 0 Å². The minimum atomic E-state index is 0.249. The van der Waals surface area contributed by atoms with Gasteiger partial charge in [-0.1, -0.05) is 0 Å². The van der Waals surface area contributed by atoms with Crippen LogP contribution < -0.4 is 11.6 Å². The normalized spacial score (nSPS) is 14.4. The maximum absolute atomic E-state index is 5.73. The Morgan fingerprint density at radius 1 is 1.33 bits per heavy atom. The summed E-state index contributed by atoms with van der Waals surface area (Å²) in [6, 6.07) is 2.15. The van der Waals surface area contributed by atoms with Crippen LogP contribution >= 0.6 is 11.3 Å². The number of anilines is 1. The second kappa shape index (κ2) is 2.96. The first-order chi connectivity index (χ1) is 7.25. The lowest BCUT2D eigenvalue weighted by Gasteiger charge is -1.97. The van der Waals surface area contributed by atoms with Crippen LogP contribution in [-0.2, 0) is 12.8 Å². The quantitative estimate of drug-likeness (QED) is 0.697. The molecule has 78 valence electrons. The topological polar surface area (TPSA) is 82.8 Å². The molecule has 0 radical (unpaired) electrons. The van der Waals surface area contributed by atoms with Crippen LogP contribution in [-0.4, -0.2) is 14.9 Å². The number of hydrogen-bond acceptors (Lipinski definition) is 5. The lowest BCUT2D eigenvalue weighted by atomic mass is 10.2. The second-order valence-electron chi connectivity index (χ2n) is 3.66. The van der Waals surface area contributed by atoms with Crippen LogP contribution in [0.5, 0.6) is 0 Å². The third kappa shape index (κ3) is 1.21. The molecule has 4 N–H and O–H groups in total. The standard InChI is InChI=1S/C9H11N5S/c10-9-13-12-8(14(9)11)7-4-5-2-1-3-6(5)15-7/h4H,1-3,11H2,(H2,10,13). The monoisotopic (exact) mass is 221 g/mol. The molecule has 6 heteroatoms. The first-order valence-electron chi connectivity index (χ1n) is 4.83. The highest BCUT2D eigenvalue weighted by atomic mass is 32.1. The third-order valence-corrected chi connectivity index (χ3v) is 3.92. The first kappa shape index (κ1) is 8.72. The van der Waals surface area contributed by atoms with Crippen molar-refractivity contribution in [2.45, 2.75) is 19.3 Å². The average molecular weight is 221 g/mol. The first-order valence-corrected chi connectivity index (χ1v) is 5.65. The largest absolute Gasteiger partial charge is 0.366 e. The van der Waals surface area contributed by atoms with E-state index in [2.05, 4.69) is 16.3 Å². The summed E-state index contributed by atoms with van der Waals surface area (Å²) in [6.45, 7) is 0. The van der Waals surface area contributed by atoms with Crippen LogP contribution in [0.15, 0.2) is 6.07 Å². The summed E-state index contributed by atoms with van der Waals surface area (Å²) in [4.78, 5) is 2.51. The van der Waals surface area contributed by atoms with Crippen LogP contribution in [0.1, 0.15) is 16.9 Å². The molecule has 3 rings (SSSR count). The van der Waals surface area contributed by atoms with Crippen molar-refractivity contribution in [2.24, 2.45) is 0 Å². The Balaban J connectivity index is 2.09. The molecule has 0 unspecified atom stereocenters. The molecule has 0 bridgehead atoms. The van der Waals surface area contributed by atoms with E-state index < -0.39 is 0 Å². The van der Waals surface area contributed by atoms with Gasteiger partial charge in [0.05, 0.1) is 4.88 Å². The van der Waals surface area contributed by atoms with E-state index in [1.807, 2.05) is 0 Å². The van der Waals surface area contributed by atoms with Gasteiger partial charge in [-0.05, 0) is 30.9 Å². The Morgan fingerprint density at radius 3 is 2.87 bits per heavy atom. The number of aromatic nitrogens is 3. The van der Waals surface area contributed by atoms with E-state index in [0.29, 0.717) is 5.82 Å². The summed E-state index contributed by atoms with van der Waals surface area (Å²) in [7, 11) is 0. The Morgan fingerprint density at radius 2 is 2.20 bits per heavy atom. The van der Waals surface area contributed by atoms with Crippen LogP contribution in [0.2, 0.25) is 0 Å². The number of nitrogens with two attached hydrogens (primary N) is 2. The number of aryl methyl sites for hydroxylation is 2. The summed E-state index contributed by atoms with van der Waals surface area (Å²) in [5.41, 5.74) is 6.97. The Kier molecular flexibility index (Phi) is 1.72. The second-order valence-corrected chi connectivity index (χ2v) is 4.80. The Hall–Kier alpha value is -1.56. The van der Waals surface area contributed by atoms with E-state index in [0.717, 1.165) is 4.88 Å². The molecule has 2 aromatic heterocycles. The van der Waals surface area contributed by atoms with Gasteiger partial charge in [0.15, 0.2) is 5.82 Å². The predicted octanol–water partition coefficient (Wildman–Crippen LogP) is 0.791. The van der Waals surface area contributed by atoms with Crippen molar-refractivity contribution in [3.8, 4) is 10.7 Å². The van der Waals surface area contributed by atoms with Gasteiger partial charge in [-0.2, -0.15) is 0 Å². The highest BCUT2D eigenvalue weighted by molar-refractivity contribution is 7.15. The fourth-order valence-corrected chi connectivity index (χ4v) is 3.15. The molecular formula is C9H11N5S. The number of fused-ring (bicyclic) bond motifs is 1. The summed E-state index contributed by atoms with van der Waals surface area (Å²) >= 11 is 1.74. The minimum Gasteiger partial charge on any atom is -0.366 e. The van der Waals surface area contributed by atoms with Crippen molar-refractivity contribution in [1.82, 2.24) is 14.9 Å². The zero-order valence-corrected chi connectivity index (χ0v) is 8.92. The maximum Gasteiger partial charge on any atom is 0.241 e. The van der Waals surface area contributed by atoms with Gasteiger partial charge in [0, 0.05) is 4.88 Å². The van der Waals surface area contributed by atoms with Crippen LogP contribution in [0.25, 0.3) is 10.7 Å². The summed E-state index contributed by atoms with van der Waals surface area (Å²) in [6.07, 6.45) is 3.60. The molecule has 15 heavy (non-hydrogen) atoms. The van der Waals surface area contributed by atoms with Gasteiger partial charge >= 0.3 is 0 Å². The van der Waals surface area contributed by atoms with Crippen LogP contribution in [0.3, 0.4) is 0 Å². The van der Waals surface area contributed by atoms with Crippen molar-refractivity contribution >= 4 is 17.3 Å². The van der Waals surface area contributed by atoms with Crippen molar-refractivity contribution in [1.29, 1.82) is 0 Å². The molecule has 1 aliphatic carbocycles. The van der Waals surface area contributed by atoms with Crippen LogP contribution in [0, 0.1) is 0 Å². The maximum atomic E-state index is 5.73. The lowest BCUT2D eigenvalue weighted by molar-refractivity contribution is 0.914. The highest BCUT2D eigenvalue weighted by Gasteiger charge is 2.18. The molecule has 0 saturated carbocycles. The fraction of sp³-hybridized carbons (Fsp3) is 0.333. The molecule has 2 aromatic rings. The van der Waals surface area contributed by atoms with Gasteiger partial charge in [0.25, 0.3) is 0 Å². The van der Waals surface area contributed by atoms with Gasteiger partial charge in [-0.15, -0.1) is 21.5 Å². The highest BCUT2D eigenvalue weighted by Crippen LogP contribution is 2.35. The third-order valence-electron chi connectivity index (χ3n) is 2.69. The zero-order chi connectivity index (χ0) is 10.4. The van der Waals surface area contributed by atoms with Crippen molar-refractivity contribution in [3.05, 3.63) is 16.5 Å². The molecular weight excluding hydrogens is 210 g/mol. The number of rotatable bonds is 1. The number of nitrogen functional groups attached to an aromatic ring is 2. The molecule has 0 saturated heterocycles. The molecule has 0 fully saturated rings. The SMILES string of the molecule is Nc1nnc(-c2cc3c(s2)CCC3)n1N. The van der Waals surface area contributed by atoms with E-state index in [1.54, 1.807) is 11.3 Å². The smallest absolute Gasteiger partial charge is 0.241 e. The number of hydrogen-bond donors (Lipinski definition) is 2. The average Bonchev–Trinajstić information content (AvgIpc) is 2.82. The van der Waals surface area contributed by atoms with E-state index >= 15 is 0 Å². The molecule has 0 amide bonds. The molecule has 1 aliphatic rings. The van der Waals surface area contributed by atoms with Gasteiger partial charge in [0.1, 0.15) is 0 Å². The Labute approximate surface area is 90.7 Å². The molecule has 0 atom stereocenters.